The summed E-state index contributed by atoms with van der Waals surface area (Å²) in [6, 6.07) is 16.7. The number of hydrogen-bond acceptors (Lipinski definition) is 6. The highest BCUT2D eigenvalue weighted by Gasteiger charge is 2.28. The number of amides is 1. The molecule has 0 aliphatic carbocycles. The average molecular weight is 510 g/mol. The van der Waals surface area contributed by atoms with Crippen molar-refractivity contribution in [2.75, 3.05) is 11.1 Å². The summed E-state index contributed by atoms with van der Waals surface area (Å²) in [4.78, 5) is 35.2. The molecular formula is C28H27N7O3. The van der Waals surface area contributed by atoms with E-state index >= 15 is 0 Å². The number of carbonyl (C=O) groups is 1. The van der Waals surface area contributed by atoms with Gasteiger partial charge in [0.05, 0.1) is 22.9 Å². The van der Waals surface area contributed by atoms with Crippen LogP contribution < -0.4 is 16.6 Å². The molecule has 10 nitrogen and oxygen atoms in total. The highest BCUT2D eigenvalue weighted by Crippen LogP contribution is 2.33. The number of fused-ring (bicyclic) bond motifs is 2. The van der Waals surface area contributed by atoms with Gasteiger partial charge in [0.15, 0.2) is 0 Å². The summed E-state index contributed by atoms with van der Waals surface area (Å²) < 4.78 is 5.36. The number of nitrogens with two attached hydrogens (primary N) is 1. The quantitative estimate of drug-likeness (QED) is 0.322. The van der Waals surface area contributed by atoms with Gasteiger partial charge in [0.1, 0.15) is 23.4 Å². The first-order chi connectivity index (χ1) is 18.4. The number of para-hydroxylation sites is 1. The molecule has 38 heavy (non-hydrogen) atoms. The molecule has 4 N–H and O–H groups in total. The summed E-state index contributed by atoms with van der Waals surface area (Å²) in [5.74, 6) is -0.0711. The second-order valence-corrected chi connectivity index (χ2v) is 9.53. The number of carbonyl (C=O) groups excluding carboxylic acids is 1. The Morgan fingerprint density at radius 1 is 1.13 bits per heavy atom. The van der Waals surface area contributed by atoms with E-state index in [4.69, 9.17) is 5.73 Å². The molecule has 0 spiro atoms. The van der Waals surface area contributed by atoms with Crippen molar-refractivity contribution in [1.29, 1.82) is 0 Å². The van der Waals surface area contributed by atoms with Crippen molar-refractivity contribution in [1.82, 2.24) is 23.9 Å². The van der Waals surface area contributed by atoms with Crippen molar-refractivity contribution in [2.24, 2.45) is 0 Å². The van der Waals surface area contributed by atoms with Gasteiger partial charge in [-0.15, -0.1) is 0 Å². The van der Waals surface area contributed by atoms with Crippen molar-refractivity contribution in [2.45, 2.75) is 39.0 Å². The molecule has 10 heteroatoms. The number of rotatable bonds is 6. The van der Waals surface area contributed by atoms with Crippen LogP contribution in [0.5, 0.6) is 0 Å². The van der Waals surface area contributed by atoms with Crippen molar-refractivity contribution < 1.29 is 9.90 Å². The lowest BCUT2D eigenvalue weighted by molar-refractivity contribution is 0.102. The fourth-order valence-corrected chi connectivity index (χ4v) is 5.24. The van der Waals surface area contributed by atoms with Gasteiger partial charge in [-0.05, 0) is 49.6 Å². The first-order valence-electron chi connectivity index (χ1n) is 12.5. The van der Waals surface area contributed by atoms with Gasteiger partial charge in [-0.25, -0.2) is 14.6 Å². The van der Waals surface area contributed by atoms with Crippen LogP contribution in [0.25, 0.3) is 27.8 Å². The molecule has 3 aromatic heterocycles. The zero-order valence-electron chi connectivity index (χ0n) is 20.8. The molecule has 0 saturated heterocycles. The number of aromatic nitrogens is 5. The summed E-state index contributed by atoms with van der Waals surface area (Å²) >= 11 is 0. The number of nitrogen functional groups attached to an aromatic ring is 1. The van der Waals surface area contributed by atoms with Gasteiger partial charge >= 0.3 is 0 Å². The molecule has 0 unspecified atom stereocenters. The molecule has 1 aliphatic heterocycles. The van der Waals surface area contributed by atoms with Crippen LogP contribution in [-0.4, -0.2) is 41.0 Å². The van der Waals surface area contributed by atoms with Crippen LogP contribution in [0.4, 0.5) is 11.5 Å². The van der Waals surface area contributed by atoms with Crippen molar-refractivity contribution in [3.05, 3.63) is 88.7 Å². The highest BCUT2D eigenvalue weighted by molar-refractivity contribution is 6.05. The summed E-state index contributed by atoms with van der Waals surface area (Å²) in [6.45, 7) is 2.77. The number of hydrogen-bond donors (Lipinski definition) is 3. The van der Waals surface area contributed by atoms with E-state index in [1.165, 1.54) is 6.33 Å². The Balaban J connectivity index is 1.31. The van der Waals surface area contributed by atoms with E-state index in [0.29, 0.717) is 42.0 Å². The number of aliphatic hydroxyl groups is 1. The molecule has 1 aliphatic rings. The molecule has 0 radical (unpaired) electrons. The predicted molar refractivity (Wildman–Crippen MR) is 145 cm³/mol. The molecule has 192 valence electrons. The van der Waals surface area contributed by atoms with E-state index in [1.807, 2.05) is 57.9 Å². The third-order valence-electron chi connectivity index (χ3n) is 6.86. The fraction of sp³-hybridized carbons (Fsp3) is 0.214. The fourth-order valence-electron chi connectivity index (χ4n) is 5.24. The topological polar surface area (TPSA) is 133 Å². The maximum absolute atomic E-state index is 13.3. The Morgan fingerprint density at radius 3 is 2.63 bits per heavy atom. The molecule has 0 saturated carbocycles. The molecule has 1 amide bonds. The van der Waals surface area contributed by atoms with Gasteiger partial charge in [-0.2, -0.15) is 0 Å². The minimum atomic E-state index is -0.561. The zero-order valence-corrected chi connectivity index (χ0v) is 20.8. The third kappa shape index (κ3) is 3.95. The smallest absolute Gasteiger partial charge is 0.284 e. The maximum atomic E-state index is 13.3. The van der Waals surface area contributed by atoms with Gasteiger partial charge in [0.25, 0.3) is 11.5 Å². The van der Waals surface area contributed by atoms with E-state index < -0.39 is 12.0 Å². The van der Waals surface area contributed by atoms with Crippen LogP contribution in [0.3, 0.4) is 0 Å². The van der Waals surface area contributed by atoms with E-state index in [1.54, 1.807) is 23.7 Å². The van der Waals surface area contributed by atoms with Crippen LogP contribution >= 0.6 is 0 Å². The third-order valence-corrected chi connectivity index (χ3v) is 6.86. The van der Waals surface area contributed by atoms with E-state index in [0.717, 1.165) is 28.9 Å². The molecule has 5 aromatic rings. The summed E-state index contributed by atoms with van der Waals surface area (Å²) in [7, 11) is 0. The first kappa shape index (κ1) is 23.7. The second-order valence-electron chi connectivity index (χ2n) is 9.53. The van der Waals surface area contributed by atoms with Gasteiger partial charge in [-0.1, -0.05) is 30.3 Å². The Kier molecular flexibility index (Phi) is 5.80. The van der Waals surface area contributed by atoms with E-state index in [-0.39, 0.29) is 11.1 Å². The number of aliphatic hydroxyl groups excluding tert-OH is 1. The Hall–Kier alpha value is -4.70. The Morgan fingerprint density at radius 2 is 1.89 bits per heavy atom. The normalized spacial score (nSPS) is 13.5. The van der Waals surface area contributed by atoms with Crippen LogP contribution in [0.1, 0.15) is 29.4 Å². The average Bonchev–Trinajstić information content (AvgIpc) is 3.58. The zero-order chi connectivity index (χ0) is 26.4. The van der Waals surface area contributed by atoms with Crippen LogP contribution in [0.2, 0.25) is 0 Å². The van der Waals surface area contributed by atoms with Gasteiger partial charge in [0.2, 0.25) is 0 Å². The predicted octanol–water partition coefficient (Wildman–Crippen LogP) is 3.21. The van der Waals surface area contributed by atoms with Gasteiger partial charge in [-0.3, -0.25) is 14.3 Å². The minimum Gasteiger partial charge on any atom is -0.392 e. The van der Waals surface area contributed by atoms with Crippen LogP contribution in [-0.2, 0) is 19.5 Å². The summed E-state index contributed by atoms with van der Waals surface area (Å²) in [5, 5.41) is 13.5. The molecular weight excluding hydrogens is 482 g/mol. The lowest BCUT2D eigenvalue weighted by atomic mass is 10.1. The molecule has 4 heterocycles. The lowest BCUT2D eigenvalue weighted by Gasteiger charge is -2.08. The van der Waals surface area contributed by atoms with Crippen molar-refractivity contribution in [3.8, 4) is 16.8 Å². The number of nitrogens with zero attached hydrogens (tertiary/aromatic N) is 5. The minimum absolute atomic E-state index is 0.182. The van der Waals surface area contributed by atoms with Crippen molar-refractivity contribution >= 4 is 28.4 Å². The number of nitrogens with one attached hydrogen (secondary N) is 1. The monoisotopic (exact) mass is 509 g/mol. The molecule has 0 fully saturated rings. The van der Waals surface area contributed by atoms with Crippen LogP contribution in [0.15, 0.2) is 71.9 Å². The highest BCUT2D eigenvalue weighted by atomic mass is 16.3. The maximum Gasteiger partial charge on any atom is 0.284 e. The second kappa shape index (κ2) is 9.31. The molecule has 1 atom stereocenters. The van der Waals surface area contributed by atoms with Crippen molar-refractivity contribution in [3.63, 3.8) is 0 Å². The van der Waals surface area contributed by atoms with Crippen LogP contribution in [0, 0.1) is 0 Å². The number of anilines is 2. The SMILES string of the molecule is C[C@H](O)Cn1cc(-c2ccc(NC(=O)c3c4n(n(-c5ccccc5)c3=O)CCC4)cc2)c2c(N)ncnc21. The summed E-state index contributed by atoms with van der Waals surface area (Å²) in [5.41, 5.74) is 10.4. The first-order valence-corrected chi connectivity index (χ1v) is 12.5. The summed E-state index contributed by atoms with van der Waals surface area (Å²) in [6.07, 6.45) is 4.30. The number of benzene rings is 2. The Bertz CT molecular complexity index is 1710. The molecule has 2 aromatic carbocycles. The van der Waals surface area contributed by atoms with Gasteiger partial charge in [0, 0.05) is 30.5 Å². The van der Waals surface area contributed by atoms with E-state index in [9.17, 15) is 14.7 Å². The molecule has 6 rings (SSSR count). The Labute approximate surface area is 218 Å². The van der Waals surface area contributed by atoms with E-state index in [2.05, 4.69) is 15.3 Å². The van der Waals surface area contributed by atoms with Gasteiger partial charge < -0.3 is 20.7 Å². The standard InChI is InChI=1S/C28H27N7O3/c1-17(36)14-33-15-21(23-25(29)30-16-31-26(23)33)18-9-11-19(12-10-18)32-27(37)24-22-8-5-13-34(22)35(28(24)38)20-6-3-2-4-7-20/h2-4,6-7,9-12,15-17,36H,5,8,13-14H2,1H3,(H,32,37)(H2,29,30,31)/t17-/m0/s1. The lowest BCUT2D eigenvalue weighted by Crippen LogP contribution is -2.26. The largest absolute Gasteiger partial charge is 0.392 e. The molecule has 0 bridgehead atoms.